The molecule has 1 amide bonds. The quantitative estimate of drug-likeness (QED) is 0.483. The average Bonchev–Trinajstić information content (AvgIpc) is 2.77. The van der Waals surface area contributed by atoms with E-state index in [1.54, 1.807) is 13.0 Å². The molecule has 0 aliphatic heterocycles. The Bertz CT molecular complexity index is 1280. The van der Waals surface area contributed by atoms with E-state index in [1.807, 2.05) is 32.0 Å². The molecule has 3 aromatic rings. The van der Waals surface area contributed by atoms with E-state index in [4.69, 9.17) is 0 Å². The van der Waals surface area contributed by atoms with Gasteiger partial charge in [-0.2, -0.15) is 13.2 Å². The lowest BCUT2D eigenvalue weighted by atomic mass is 10.0. The van der Waals surface area contributed by atoms with Crippen molar-refractivity contribution in [3.8, 4) is 0 Å². The largest absolute Gasteiger partial charge is 0.416 e. The number of nitrogens with zero attached hydrogens (tertiary/aromatic N) is 1. The van der Waals surface area contributed by atoms with Crippen LogP contribution in [0.5, 0.6) is 0 Å². The molecule has 0 saturated heterocycles. The first kappa shape index (κ1) is 25.3. The van der Waals surface area contributed by atoms with Crippen LogP contribution in [-0.4, -0.2) is 20.9 Å². The van der Waals surface area contributed by atoms with Crippen molar-refractivity contribution in [3.05, 3.63) is 95.1 Å². The number of carbonyl (C=O) groups is 1. The number of halogens is 3. The maximum Gasteiger partial charge on any atom is 0.416 e. The topological polar surface area (TPSA) is 66.5 Å². The lowest BCUT2D eigenvalue weighted by molar-refractivity contribution is -0.137. The summed E-state index contributed by atoms with van der Waals surface area (Å²) in [6.45, 7) is 4.92. The zero-order valence-electron chi connectivity index (χ0n) is 18.9. The molecule has 0 aromatic heterocycles. The van der Waals surface area contributed by atoms with Crippen LogP contribution in [0.1, 0.15) is 35.2 Å². The van der Waals surface area contributed by atoms with Gasteiger partial charge in [-0.15, -0.1) is 0 Å². The van der Waals surface area contributed by atoms with Crippen molar-refractivity contribution in [2.45, 2.75) is 37.9 Å². The number of carbonyl (C=O) groups excluding carboxylic acids is 1. The summed E-state index contributed by atoms with van der Waals surface area (Å²) in [5.74, 6) is -0.649. The fraction of sp³-hybridized carbons (Fsp3) is 0.240. The summed E-state index contributed by atoms with van der Waals surface area (Å²) in [6, 6.07) is 16.5. The van der Waals surface area contributed by atoms with E-state index in [-0.39, 0.29) is 10.6 Å². The molecule has 1 atom stereocenters. The molecule has 9 heteroatoms. The molecule has 0 unspecified atom stereocenters. The van der Waals surface area contributed by atoms with Gasteiger partial charge in [0.2, 0.25) is 5.91 Å². The number of nitrogens with one attached hydrogen (secondary N) is 1. The molecule has 0 fully saturated rings. The van der Waals surface area contributed by atoms with Gasteiger partial charge < -0.3 is 5.32 Å². The number of amides is 1. The van der Waals surface area contributed by atoms with Gasteiger partial charge in [0.05, 0.1) is 22.2 Å². The van der Waals surface area contributed by atoms with Crippen LogP contribution < -0.4 is 9.62 Å². The number of benzene rings is 3. The van der Waals surface area contributed by atoms with E-state index < -0.39 is 40.3 Å². The lowest BCUT2D eigenvalue weighted by Gasteiger charge is -2.26. The molecule has 180 valence electrons. The zero-order chi connectivity index (χ0) is 25.1. The molecule has 3 aromatic carbocycles. The highest BCUT2D eigenvalue weighted by atomic mass is 32.2. The molecule has 34 heavy (non-hydrogen) atoms. The Balaban J connectivity index is 1.95. The molecule has 0 aliphatic carbocycles. The minimum Gasteiger partial charge on any atom is -0.348 e. The van der Waals surface area contributed by atoms with E-state index in [2.05, 4.69) is 5.32 Å². The van der Waals surface area contributed by atoms with Crippen LogP contribution >= 0.6 is 0 Å². The molecule has 5 nitrogen and oxygen atoms in total. The zero-order valence-corrected chi connectivity index (χ0v) is 19.7. The molecule has 0 heterocycles. The van der Waals surface area contributed by atoms with E-state index in [0.717, 1.165) is 34.9 Å². The summed E-state index contributed by atoms with van der Waals surface area (Å²) in [5, 5.41) is 2.76. The van der Waals surface area contributed by atoms with Crippen LogP contribution in [0.3, 0.4) is 0 Å². The molecule has 0 spiro atoms. The third-order valence-corrected chi connectivity index (χ3v) is 7.14. The summed E-state index contributed by atoms with van der Waals surface area (Å²) < 4.78 is 67.3. The van der Waals surface area contributed by atoms with Gasteiger partial charge in [0.15, 0.2) is 0 Å². The van der Waals surface area contributed by atoms with Crippen molar-refractivity contribution in [2.24, 2.45) is 0 Å². The maximum absolute atomic E-state index is 13.3. The Morgan fingerprint density at radius 2 is 1.65 bits per heavy atom. The minimum absolute atomic E-state index is 0.136. The number of hydrogen-bond donors (Lipinski definition) is 1. The second kappa shape index (κ2) is 9.89. The van der Waals surface area contributed by atoms with Gasteiger partial charge in [-0.25, -0.2) is 8.42 Å². The van der Waals surface area contributed by atoms with Crippen molar-refractivity contribution < 1.29 is 26.4 Å². The van der Waals surface area contributed by atoms with Gasteiger partial charge in [-0.1, -0.05) is 48.0 Å². The summed E-state index contributed by atoms with van der Waals surface area (Å²) in [5.41, 5.74) is 1.61. The standard InChI is InChI=1S/C25H25F3N2O3S/c1-17-12-13-23(18(2)14-17)19(3)29-24(31)16-30(34(32,33)22-10-5-4-6-11-22)21-9-7-8-20(15-21)25(26,27)28/h4-15,19H,16H2,1-3H3,(H,29,31)/t19-/m0/s1. The number of sulfonamides is 1. The summed E-state index contributed by atoms with van der Waals surface area (Å²) in [7, 11) is -4.32. The maximum atomic E-state index is 13.3. The minimum atomic E-state index is -4.67. The van der Waals surface area contributed by atoms with Gasteiger partial charge in [0, 0.05) is 0 Å². The van der Waals surface area contributed by atoms with Gasteiger partial charge in [0.25, 0.3) is 10.0 Å². The van der Waals surface area contributed by atoms with Crippen LogP contribution in [0, 0.1) is 13.8 Å². The summed E-state index contributed by atoms with van der Waals surface area (Å²) in [4.78, 5) is 12.8. The van der Waals surface area contributed by atoms with Gasteiger partial charge in [-0.3, -0.25) is 9.10 Å². The van der Waals surface area contributed by atoms with Crippen molar-refractivity contribution in [1.82, 2.24) is 5.32 Å². The van der Waals surface area contributed by atoms with Crippen molar-refractivity contribution in [2.75, 3.05) is 10.8 Å². The highest BCUT2D eigenvalue weighted by molar-refractivity contribution is 7.92. The molecule has 0 aliphatic rings. The molecule has 0 saturated carbocycles. The smallest absolute Gasteiger partial charge is 0.348 e. The number of hydrogen-bond acceptors (Lipinski definition) is 3. The first-order valence-electron chi connectivity index (χ1n) is 10.5. The molecular weight excluding hydrogens is 465 g/mol. The number of anilines is 1. The van der Waals surface area contributed by atoms with Crippen LogP contribution in [-0.2, 0) is 21.0 Å². The lowest BCUT2D eigenvalue weighted by Crippen LogP contribution is -2.41. The van der Waals surface area contributed by atoms with Crippen molar-refractivity contribution in [3.63, 3.8) is 0 Å². The van der Waals surface area contributed by atoms with Gasteiger partial charge in [-0.05, 0) is 62.2 Å². The van der Waals surface area contributed by atoms with Crippen LogP contribution in [0.2, 0.25) is 0 Å². The van der Waals surface area contributed by atoms with E-state index in [9.17, 15) is 26.4 Å². The molecule has 1 N–H and O–H groups in total. The monoisotopic (exact) mass is 490 g/mol. The Morgan fingerprint density at radius 1 is 0.971 bits per heavy atom. The highest BCUT2D eigenvalue weighted by Crippen LogP contribution is 2.33. The molecule has 3 rings (SSSR count). The van der Waals surface area contributed by atoms with Crippen molar-refractivity contribution in [1.29, 1.82) is 0 Å². The van der Waals surface area contributed by atoms with Crippen LogP contribution in [0.4, 0.5) is 18.9 Å². The Hall–Kier alpha value is -3.33. The normalized spacial score (nSPS) is 12.8. The van der Waals surface area contributed by atoms with Crippen molar-refractivity contribution >= 4 is 21.6 Å². The summed E-state index contributed by atoms with van der Waals surface area (Å²) >= 11 is 0. The molecule has 0 radical (unpaired) electrons. The van der Waals surface area contributed by atoms with Gasteiger partial charge in [0.1, 0.15) is 6.54 Å². The molecular formula is C25H25F3N2O3S. The fourth-order valence-electron chi connectivity index (χ4n) is 3.68. The Labute approximate surface area is 197 Å². The Morgan fingerprint density at radius 3 is 2.26 bits per heavy atom. The second-order valence-electron chi connectivity index (χ2n) is 8.02. The fourth-order valence-corrected chi connectivity index (χ4v) is 5.11. The molecule has 0 bridgehead atoms. The highest BCUT2D eigenvalue weighted by Gasteiger charge is 2.33. The number of alkyl halides is 3. The summed E-state index contributed by atoms with van der Waals surface area (Å²) in [6.07, 6.45) is -4.67. The second-order valence-corrected chi connectivity index (χ2v) is 9.88. The first-order chi connectivity index (χ1) is 15.9. The SMILES string of the molecule is Cc1ccc([C@H](C)NC(=O)CN(c2cccc(C(F)(F)F)c2)S(=O)(=O)c2ccccc2)c(C)c1. The third kappa shape index (κ3) is 5.77. The predicted molar refractivity (Wildman–Crippen MR) is 125 cm³/mol. The van der Waals surface area contributed by atoms with E-state index in [0.29, 0.717) is 4.31 Å². The number of rotatable bonds is 7. The predicted octanol–water partition coefficient (Wildman–Crippen LogP) is 5.39. The first-order valence-corrected chi connectivity index (χ1v) is 11.9. The Kier molecular flexibility index (Phi) is 7.35. The number of aryl methyl sites for hydroxylation is 2. The average molecular weight is 491 g/mol. The van der Waals surface area contributed by atoms with Gasteiger partial charge >= 0.3 is 6.18 Å². The van der Waals surface area contributed by atoms with E-state index >= 15 is 0 Å². The van der Waals surface area contributed by atoms with Crippen LogP contribution in [0.15, 0.2) is 77.7 Å². The van der Waals surface area contributed by atoms with Crippen LogP contribution in [0.25, 0.3) is 0 Å². The third-order valence-electron chi connectivity index (χ3n) is 5.35. The van der Waals surface area contributed by atoms with E-state index in [1.165, 1.54) is 30.3 Å².